The molecule has 130 valence electrons. The van der Waals surface area contributed by atoms with Gasteiger partial charge in [-0.2, -0.15) is 0 Å². The number of carbonyl (C=O) groups excluding carboxylic acids is 2. The zero-order chi connectivity index (χ0) is 16.1. The number of carbonyl (C=O) groups is 2. The molecule has 0 saturated carbocycles. The molecule has 1 atom stereocenters. The number of hydrogen-bond acceptors (Lipinski definition) is 5. The van der Waals surface area contributed by atoms with E-state index in [4.69, 9.17) is 9.47 Å². The van der Waals surface area contributed by atoms with Crippen molar-refractivity contribution >= 4 is 35.8 Å². The summed E-state index contributed by atoms with van der Waals surface area (Å²) >= 11 is 0. The Balaban J connectivity index is 0. The van der Waals surface area contributed by atoms with Crippen molar-refractivity contribution in [3.63, 3.8) is 0 Å². The molecule has 2 radical (unpaired) electrons. The number of unbranched alkanes of at least 4 members (excludes halogenated alkanes) is 3. The minimum atomic E-state index is -1.76. The van der Waals surface area contributed by atoms with Crippen LogP contribution in [0.1, 0.15) is 72.1 Å². The van der Waals surface area contributed by atoms with Gasteiger partial charge in [-0.25, -0.2) is 4.79 Å². The van der Waals surface area contributed by atoms with Crippen LogP contribution in [0.2, 0.25) is 0 Å². The molecular formula is C16H32O5Sn. The van der Waals surface area contributed by atoms with Gasteiger partial charge in [-0.3, -0.25) is 4.79 Å². The van der Waals surface area contributed by atoms with E-state index in [-0.39, 0.29) is 43.4 Å². The number of hydrogen-bond donors (Lipinski definition) is 1. The van der Waals surface area contributed by atoms with Crippen molar-refractivity contribution in [2.75, 3.05) is 13.2 Å². The predicted molar refractivity (Wildman–Crippen MR) is 89.4 cm³/mol. The maximum absolute atomic E-state index is 12.0. The first kappa shape index (κ1) is 24.0. The van der Waals surface area contributed by atoms with Crippen molar-refractivity contribution in [3.05, 3.63) is 0 Å². The van der Waals surface area contributed by atoms with Crippen LogP contribution >= 0.6 is 0 Å². The summed E-state index contributed by atoms with van der Waals surface area (Å²) in [5.41, 5.74) is -1.76. The van der Waals surface area contributed by atoms with Crippen molar-refractivity contribution in [1.82, 2.24) is 0 Å². The molecule has 0 aromatic heterocycles. The van der Waals surface area contributed by atoms with Crippen molar-refractivity contribution in [2.24, 2.45) is 0 Å². The molecule has 0 aliphatic rings. The Labute approximate surface area is 151 Å². The van der Waals surface area contributed by atoms with Crippen LogP contribution in [0, 0.1) is 0 Å². The first-order chi connectivity index (χ1) is 10.00. The molecule has 0 amide bonds. The van der Waals surface area contributed by atoms with E-state index in [2.05, 4.69) is 0 Å². The van der Waals surface area contributed by atoms with Crippen LogP contribution in [0.15, 0.2) is 0 Å². The van der Waals surface area contributed by atoms with Gasteiger partial charge in [-0.05, 0) is 19.3 Å². The fourth-order valence-corrected chi connectivity index (χ4v) is 1.80. The van der Waals surface area contributed by atoms with Crippen LogP contribution in [0.5, 0.6) is 0 Å². The Kier molecular flexibility index (Phi) is 15.6. The van der Waals surface area contributed by atoms with E-state index in [1.54, 1.807) is 0 Å². The molecule has 22 heavy (non-hydrogen) atoms. The molecule has 5 nitrogen and oxygen atoms in total. The van der Waals surface area contributed by atoms with Crippen LogP contribution in [0.3, 0.4) is 0 Å². The molecule has 6 heteroatoms. The maximum atomic E-state index is 12.0. The second-order valence-corrected chi connectivity index (χ2v) is 5.38. The van der Waals surface area contributed by atoms with E-state index in [1.165, 1.54) is 0 Å². The average molecular weight is 423 g/mol. The zero-order valence-electron chi connectivity index (χ0n) is 14.4. The van der Waals surface area contributed by atoms with Gasteiger partial charge < -0.3 is 14.6 Å². The fraction of sp³-hybridized carbons (Fsp3) is 0.875. The topological polar surface area (TPSA) is 72.8 Å². The molecule has 1 unspecified atom stereocenters. The Morgan fingerprint density at radius 3 is 1.91 bits per heavy atom. The summed E-state index contributed by atoms with van der Waals surface area (Å²) in [6.07, 6.45) is 4.72. The summed E-state index contributed by atoms with van der Waals surface area (Å²) in [4.78, 5) is 23.8. The first-order valence-corrected chi connectivity index (χ1v) is 8.05. The molecule has 0 heterocycles. The number of rotatable bonds is 12. The van der Waals surface area contributed by atoms with Gasteiger partial charge in [0, 0.05) is 0 Å². The fourth-order valence-electron chi connectivity index (χ4n) is 1.80. The SMILES string of the molecule is CCCCOC(=O)CC(O)(CCCC)C(=O)OCCCC.[SnH2]. The summed E-state index contributed by atoms with van der Waals surface area (Å²) in [5, 5.41) is 10.5. The Bertz CT molecular complexity index is 309. The zero-order valence-corrected chi connectivity index (χ0v) is 18.4. The van der Waals surface area contributed by atoms with E-state index < -0.39 is 17.5 Å². The van der Waals surface area contributed by atoms with Crippen molar-refractivity contribution in [2.45, 2.75) is 77.7 Å². The molecular weight excluding hydrogens is 391 g/mol. The molecule has 0 aliphatic heterocycles. The van der Waals surface area contributed by atoms with E-state index in [0.717, 1.165) is 32.1 Å². The third-order valence-electron chi connectivity index (χ3n) is 3.25. The molecule has 0 bridgehead atoms. The van der Waals surface area contributed by atoms with Gasteiger partial charge in [-0.1, -0.05) is 46.5 Å². The summed E-state index contributed by atoms with van der Waals surface area (Å²) in [6, 6.07) is 0. The van der Waals surface area contributed by atoms with E-state index in [9.17, 15) is 14.7 Å². The van der Waals surface area contributed by atoms with E-state index in [0.29, 0.717) is 13.0 Å². The van der Waals surface area contributed by atoms with Gasteiger partial charge >= 0.3 is 35.8 Å². The Morgan fingerprint density at radius 1 is 0.909 bits per heavy atom. The second kappa shape index (κ2) is 14.3. The van der Waals surface area contributed by atoms with Gasteiger partial charge in [0.05, 0.1) is 19.6 Å². The van der Waals surface area contributed by atoms with Crippen LogP contribution in [-0.2, 0) is 19.1 Å². The molecule has 0 spiro atoms. The molecule has 0 aromatic rings. The summed E-state index contributed by atoms with van der Waals surface area (Å²) < 4.78 is 10.1. The average Bonchev–Trinajstić information content (AvgIpc) is 2.45. The number of ether oxygens (including phenoxy) is 2. The van der Waals surface area contributed by atoms with Crippen molar-refractivity contribution < 1.29 is 24.2 Å². The molecule has 0 saturated heterocycles. The molecule has 1 N–H and O–H groups in total. The van der Waals surface area contributed by atoms with Gasteiger partial charge in [0.2, 0.25) is 0 Å². The predicted octanol–water partition coefficient (Wildman–Crippen LogP) is 2.07. The second-order valence-electron chi connectivity index (χ2n) is 5.38. The quantitative estimate of drug-likeness (QED) is 0.296. The third kappa shape index (κ3) is 10.4. The number of aliphatic hydroxyl groups is 1. The molecule has 0 aromatic carbocycles. The van der Waals surface area contributed by atoms with Gasteiger partial charge in [0.1, 0.15) is 0 Å². The number of esters is 2. The first-order valence-electron chi connectivity index (χ1n) is 8.05. The third-order valence-corrected chi connectivity index (χ3v) is 3.25. The van der Waals surface area contributed by atoms with Crippen molar-refractivity contribution in [3.8, 4) is 0 Å². The van der Waals surface area contributed by atoms with Gasteiger partial charge in [-0.15, -0.1) is 0 Å². The van der Waals surface area contributed by atoms with Crippen LogP contribution in [-0.4, -0.2) is 59.8 Å². The normalized spacial score (nSPS) is 12.9. The van der Waals surface area contributed by atoms with E-state index >= 15 is 0 Å². The summed E-state index contributed by atoms with van der Waals surface area (Å²) in [7, 11) is 0. The standard InChI is InChI=1S/C16H30O5.Sn.2H/c1-4-7-10-16(19,15(18)21-12-9-6-3)13-14(17)20-11-8-5-2;;;/h19H,4-13H2,1-3H3;;;. The molecule has 0 fully saturated rings. The Hall–Kier alpha value is -0.301. The van der Waals surface area contributed by atoms with E-state index in [1.807, 2.05) is 20.8 Å². The monoisotopic (exact) mass is 424 g/mol. The summed E-state index contributed by atoms with van der Waals surface area (Å²) in [5.74, 6) is -1.26. The minimum absolute atomic E-state index is 0. The van der Waals surface area contributed by atoms with Gasteiger partial charge in [0.15, 0.2) is 5.60 Å². The Morgan fingerprint density at radius 2 is 1.41 bits per heavy atom. The van der Waals surface area contributed by atoms with Crippen LogP contribution in [0.4, 0.5) is 0 Å². The van der Waals surface area contributed by atoms with Crippen LogP contribution < -0.4 is 0 Å². The molecule has 0 aliphatic carbocycles. The van der Waals surface area contributed by atoms with Crippen molar-refractivity contribution in [1.29, 1.82) is 0 Å². The molecule has 0 rings (SSSR count). The van der Waals surface area contributed by atoms with Crippen LogP contribution in [0.25, 0.3) is 0 Å². The summed E-state index contributed by atoms with van der Waals surface area (Å²) in [6.45, 7) is 6.54. The van der Waals surface area contributed by atoms with Gasteiger partial charge in [0.25, 0.3) is 0 Å².